The van der Waals surface area contributed by atoms with Gasteiger partial charge in [-0.2, -0.15) is 0 Å². The van der Waals surface area contributed by atoms with Crippen LogP contribution in [0, 0.1) is 5.92 Å². The molecule has 0 saturated heterocycles. The van der Waals surface area contributed by atoms with E-state index in [0.717, 1.165) is 23.2 Å². The van der Waals surface area contributed by atoms with Crippen LogP contribution < -0.4 is 5.32 Å². The molecule has 1 aromatic carbocycles. The molecular weight excluding hydrogens is 289 g/mol. The second-order valence-corrected chi connectivity index (χ2v) is 5.69. The lowest BCUT2D eigenvalue weighted by molar-refractivity contribution is 0.0896. The Hall–Kier alpha value is -0.540. The van der Waals surface area contributed by atoms with Crippen molar-refractivity contribution in [1.82, 2.24) is 5.32 Å². The molecule has 1 aliphatic rings. The summed E-state index contributed by atoms with van der Waals surface area (Å²) in [6, 6.07) is 5.62. The van der Waals surface area contributed by atoms with Crippen LogP contribution in [0.4, 0.5) is 0 Å². The Balaban J connectivity index is 2.05. The number of hydrogen-bond donors (Lipinski definition) is 1. The quantitative estimate of drug-likeness (QED) is 0.888. The van der Waals surface area contributed by atoms with E-state index in [2.05, 4.69) is 28.2 Å². The molecule has 16 heavy (non-hydrogen) atoms. The van der Waals surface area contributed by atoms with Gasteiger partial charge in [-0.15, -0.1) is 0 Å². The number of carbonyl (C=O) groups is 1. The molecule has 86 valence electrons. The van der Waals surface area contributed by atoms with Gasteiger partial charge in [0.05, 0.1) is 10.6 Å². The van der Waals surface area contributed by atoms with Crippen molar-refractivity contribution in [2.24, 2.45) is 5.92 Å². The Morgan fingerprint density at radius 1 is 1.50 bits per heavy atom. The number of benzene rings is 1. The maximum atomic E-state index is 11.9. The molecule has 0 spiro atoms. The van der Waals surface area contributed by atoms with Gasteiger partial charge in [0.1, 0.15) is 0 Å². The highest BCUT2D eigenvalue weighted by Crippen LogP contribution is 2.27. The maximum Gasteiger partial charge on any atom is 0.253 e. The molecule has 1 aromatic rings. The van der Waals surface area contributed by atoms with Gasteiger partial charge in [0.15, 0.2) is 0 Å². The summed E-state index contributed by atoms with van der Waals surface area (Å²) in [4.78, 5) is 11.9. The summed E-state index contributed by atoms with van der Waals surface area (Å²) in [6.07, 6.45) is 2.13. The zero-order valence-electron chi connectivity index (χ0n) is 8.97. The zero-order valence-corrected chi connectivity index (χ0v) is 11.3. The Bertz CT molecular complexity index is 415. The molecule has 0 aliphatic heterocycles. The SMILES string of the molecule is CC1CC(NC(=O)c2cc(Br)ccc2Cl)C1. The predicted octanol–water partition coefficient (Wildman–Crippen LogP) is 3.63. The summed E-state index contributed by atoms with van der Waals surface area (Å²) in [5, 5.41) is 3.48. The third-order valence-electron chi connectivity index (χ3n) is 2.88. The number of carbonyl (C=O) groups excluding carboxylic acids is 1. The Morgan fingerprint density at radius 3 is 2.81 bits per heavy atom. The summed E-state index contributed by atoms with van der Waals surface area (Å²) in [7, 11) is 0. The van der Waals surface area contributed by atoms with Crippen molar-refractivity contribution >= 4 is 33.4 Å². The Labute approximate surface area is 108 Å². The molecular formula is C12H13BrClNO. The summed E-state index contributed by atoms with van der Waals surface area (Å²) in [5.41, 5.74) is 0.538. The largest absolute Gasteiger partial charge is 0.349 e. The van der Waals surface area contributed by atoms with Gasteiger partial charge in [-0.05, 0) is 37.0 Å². The highest BCUT2D eigenvalue weighted by Gasteiger charge is 2.27. The van der Waals surface area contributed by atoms with E-state index in [-0.39, 0.29) is 5.91 Å². The lowest BCUT2D eigenvalue weighted by Crippen LogP contribution is -2.43. The van der Waals surface area contributed by atoms with E-state index in [1.165, 1.54) is 0 Å². The monoisotopic (exact) mass is 301 g/mol. The first-order chi connectivity index (χ1) is 7.56. The van der Waals surface area contributed by atoms with E-state index in [0.29, 0.717) is 16.6 Å². The average molecular weight is 303 g/mol. The molecule has 0 atom stereocenters. The fraction of sp³-hybridized carbons (Fsp3) is 0.417. The summed E-state index contributed by atoms with van der Waals surface area (Å²) in [5.74, 6) is 0.645. The highest BCUT2D eigenvalue weighted by atomic mass is 79.9. The molecule has 0 heterocycles. The van der Waals surface area contributed by atoms with Gasteiger partial charge in [-0.25, -0.2) is 0 Å². The molecule has 4 heteroatoms. The fourth-order valence-electron chi connectivity index (χ4n) is 1.95. The van der Waals surface area contributed by atoms with Crippen LogP contribution in [0.3, 0.4) is 0 Å². The van der Waals surface area contributed by atoms with Crippen molar-refractivity contribution in [3.63, 3.8) is 0 Å². The van der Waals surface area contributed by atoms with Gasteiger partial charge in [-0.1, -0.05) is 34.5 Å². The minimum absolute atomic E-state index is 0.0804. The summed E-state index contributed by atoms with van der Waals surface area (Å²) in [6.45, 7) is 2.19. The normalized spacial score (nSPS) is 23.7. The van der Waals surface area contributed by atoms with Crippen molar-refractivity contribution in [3.8, 4) is 0 Å². The van der Waals surface area contributed by atoms with E-state index in [4.69, 9.17) is 11.6 Å². The van der Waals surface area contributed by atoms with Gasteiger partial charge in [0.25, 0.3) is 5.91 Å². The molecule has 2 rings (SSSR count). The van der Waals surface area contributed by atoms with E-state index in [1.807, 2.05) is 6.07 Å². The van der Waals surface area contributed by atoms with Gasteiger partial charge >= 0.3 is 0 Å². The van der Waals surface area contributed by atoms with Crippen LogP contribution in [0.1, 0.15) is 30.1 Å². The van der Waals surface area contributed by atoms with E-state index in [1.54, 1.807) is 12.1 Å². The number of hydrogen-bond acceptors (Lipinski definition) is 1. The first-order valence-corrected chi connectivity index (χ1v) is 6.49. The molecule has 2 nitrogen and oxygen atoms in total. The number of nitrogens with one attached hydrogen (secondary N) is 1. The zero-order chi connectivity index (χ0) is 11.7. The van der Waals surface area contributed by atoms with Crippen molar-refractivity contribution in [2.75, 3.05) is 0 Å². The van der Waals surface area contributed by atoms with Gasteiger partial charge in [-0.3, -0.25) is 4.79 Å². The minimum atomic E-state index is -0.0804. The number of halogens is 2. The number of rotatable bonds is 2. The molecule has 0 unspecified atom stereocenters. The van der Waals surface area contributed by atoms with Crippen molar-refractivity contribution in [2.45, 2.75) is 25.8 Å². The second kappa shape index (κ2) is 4.76. The minimum Gasteiger partial charge on any atom is -0.349 e. The third-order valence-corrected chi connectivity index (χ3v) is 3.70. The molecule has 0 bridgehead atoms. The summed E-state index contributed by atoms with van der Waals surface area (Å²) >= 11 is 9.32. The van der Waals surface area contributed by atoms with Crippen molar-refractivity contribution in [1.29, 1.82) is 0 Å². The van der Waals surface area contributed by atoms with Gasteiger partial charge in [0, 0.05) is 10.5 Å². The van der Waals surface area contributed by atoms with Crippen LogP contribution in [0.15, 0.2) is 22.7 Å². The first-order valence-electron chi connectivity index (χ1n) is 5.32. The van der Waals surface area contributed by atoms with Crippen LogP contribution in [0.25, 0.3) is 0 Å². The van der Waals surface area contributed by atoms with Crippen LogP contribution >= 0.6 is 27.5 Å². The lowest BCUT2D eigenvalue weighted by atomic mass is 9.82. The topological polar surface area (TPSA) is 29.1 Å². The smallest absolute Gasteiger partial charge is 0.253 e. The number of amides is 1. The molecule has 1 N–H and O–H groups in total. The van der Waals surface area contributed by atoms with Crippen LogP contribution in [0.5, 0.6) is 0 Å². The van der Waals surface area contributed by atoms with Gasteiger partial charge in [0.2, 0.25) is 0 Å². The maximum absolute atomic E-state index is 11.9. The van der Waals surface area contributed by atoms with E-state index < -0.39 is 0 Å². The van der Waals surface area contributed by atoms with Crippen LogP contribution in [0.2, 0.25) is 5.02 Å². The van der Waals surface area contributed by atoms with Crippen LogP contribution in [-0.4, -0.2) is 11.9 Å². The van der Waals surface area contributed by atoms with E-state index >= 15 is 0 Å². The van der Waals surface area contributed by atoms with E-state index in [9.17, 15) is 4.79 Å². The molecule has 0 radical (unpaired) electrons. The molecule has 1 amide bonds. The predicted molar refractivity (Wildman–Crippen MR) is 68.8 cm³/mol. The second-order valence-electron chi connectivity index (χ2n) is 4.37. The first kappa shape index (κ1) is 11.9. The Morgan fingerprint density at radius 2 is 2.19 bits per heavy atom. The van der Waals surface area contributed by atoms with Crippen molar-refractivity contribution < 1.29 is 4.79 Å². The Kier molecular flexibility index (Phi) is 3.55. The highest BCUT2D eigenvalue weighted by molar-refractivity contribution is 9.10. The lowest BCUT2D eigenvalue weighted by Gasteiger charge is -2.33. The molecule has 1 saturated carbocycles. The molecule has 1 aliphatic carbocycles. The standard InChI is InChI=1S/C12H13BrClNO/c1-7-4-9(5-7)15-12(16)10-6-8(13)2-3-11(10)14/h2-3,6-7,9H,4-5H2,1H3,(H,15,16). The fourth-order valence-corrected chi connectivity index (χ4v) is 2.52. The molecule has 0 aromatic heterocycles. The third kappa shape index (κ3) is 2.58. The van der Waals surface area contributed by atoms with Crippen LogP contribution in [-0.2, 0) is 0 Å². The average Bonchev–Trinajstić information content (AvgIpc) is 2.19. The van der Waals surface area contributed by atoms with Crippen molar-refractivity contribution in [3.05, 3.63) is 33.3 Å². The molecule has 1 fully saturated rings. The van der Waals surface area contributed by atoms with Gasteiger partial charge < -0.3 is 5.32 Å². The summed E-state index contributed by atoms with van der Waals surface area (Å²) < 4.78 is 0.865.